The summed E-state index contributed by atoms with van der Waals surface area (Å²) in [6.45, 7) is 2.38. The SMILES string of the molecule is CCc1nn(C)cc1CNC(=O)c1ncccc1O. The van der Waals surface area contributed by atoms with E-state index in [9.17, 15) is 9.90 Å². The molecule has 0 aliphatic heterocycles. The molecule has 0 unspecified atom stereocenters. The lowest BCUT2D eigenvalue weighted by Gasteiger charge is -2.05. The van der Waals surface area contributed by atoms with E-state index >= 15 is 0 Å². The zero-order chi connectivity index (χ0) is 13.8. The summed E-state index contributed by atoms with van der Waals surface area (Å²) < 4.78 is 1.72. The third-order valence-electron chi connectivity index (χ3n) is 2.77. The van der Waals surface area contributed by atoms with Crippen molar-refractivity contribution in [1.29, 1.82) is 0 Å². The molecule has 0 aliphatic carbocycles. The molecule has 2 N–H and O–H groups in total. The van der Waals surface area contributed by atoms with Crippen LogP contribution >= 0.6 is 0 Å². The van der Waals surface area contributed by atoms with Gasteiger partial charge in [0.15, 0.2) is 5.69 Å². The summed E-state index contributed by atoms with van der Waals surface area (Å²) in [5.74, 6) is -0.522. The largest absolute Gasteiger partial charge is 0.505 e. The maximum absolute atomic E-state index is 11.9. The number of amides is 1. The number of nitrogens with one attached hydrogen (secondary N) is 1. The second-order valence-electron chi connectivity index (χ2n) is 4.18. The molecule has 100 valence electrons. The van der Waals surface area contributed by atoms with E-state index in [4.69, 9.17) is 0 Å². The Hall–Kier alpha value is -2.37. The van der Waals surface area contributed by atoms with Gasteiger partial charge in [0.25, 0.3) is 5.91 Å². The third kappa shape index (κ3) is 2.90. The minimum atomic E-state index is -0.399. The molecular formula is C13H16N4O2. The summed E-state index contributed by atoms with van der Waals surface area (Å²) in [5, 5.41) is 16.6. The Morgan fingerprint density at radius 3 is 3.00 bits per heavy atom. The van der Waals surface area contributed by atoms with Crippen LogP contribution in [0.1, 0.15) is 28.7 Å². The van der Waals surface area contributed by atoms with Crippen molar-refractivity contribution >= 4 is 5.91 Å². The van der Waals surface area contributed by atoms with Crippen molar-refractivity contribution in [1.82, 2.24) is 20.1 Å². The van der Waals surface area contributed by atoms with E-state index in [1.165, 1.54) is 12.3 Å². The third-order valence-corrected chi connectivity index (χ3v) is 2.77. The van der Waals surface area contributed by atoms with Crippen LogP contribution in [0, 0.1) is 0 Å². The van der Waals surface area contributed by atoms with Gasteiger partial charge in [-0.1, -0.05) is 6.92 Å². The molecule has 0 spiro atoms. The molecule has 0 saturated carbocycles. The molecular weight excluding hydrogens is 244 g/mol. The number of nitrogens with zero attached hydrogens (tertiary/aromatic N) is 3. The average Bonchev–Trinajstić information content (AvgIpc) is 2.77. The van der Waals surface area contributed by atoms with Gasteiger partial charge in [-0.05, 0) is 18.6 Å². The molecule has 6 nitrogen and oxygen atoms in total. The average molecular weight is 260 g/mol. The van der Waals surface area contributed by atoms with Crippen LogP contribution in [-0.2, 0) is 20.0 Å². The van der Waals surface area contributed by atoms with Gasteiger partial charge < -0.3 is 10.4 Å². The monoisotopic (exact) mass is 260 g/mol. The first-order valence-corrected chi connectivity index (χ1v) is 6.05. The molecule has 2 heterocycles. The van der Waals surface area contributed by atoms with Crippen molar-refractivity contribution in [2.75, 3.05) is 0 Å². The van der Waals surface area contributed by atoms with Gasteiger partial charge in [-0.15, -0.1) is 0 Å². The lowest BCUT2D eigenvalue weighted by molar-refractivity contribution is 0.0943. The Kier molecular flexibility index (Phi) is 3.79. The highest BCUT2D eigenvalue weighted by molar-refractivity contribution is 5.94. The lowest BCUT2D eigenvalue weighted by atomic mass is 10.2. The highest BCUT2D eigenvalue weighted by Gasteiger charge is 2.13. The normalized spacial score (nSPS) is 10.4. The van der Waals surface area contributed by atoms with Gasteiger partial charge in [0.05, 0.1) is 5.69 Å². The highest BCUT2D eigenvalue weighted by atomic mass is 16.3. The fourth-order valence-corrected chi connectivity index (χ4v) is 1.86. The molecule has 0 radical (unpaired) electrons. The van der Waals surface area contributed by atoms with Gasteiger partial charge in [-0.25, -0.2) is 4.98 Å². The summed E-state index contributed by atoms with van der Waals surface area (Å²) in [5.41, 5.74) is 1.95. The summed E-state index contributed by atoms with van der Waals surface area (Å²) in [7, 11) is 1.84. The molecule has 19 heavy (non-hydrogen) atoms. The second-order valence-corrected chi connectivity index (χ2v) is 4.18. The lowest BCUT2D eigenvalue weighted by Crippen LogP contribution is -2.24. The zero-order valence-electron chi connectivity index (χ0n) is 10.9. The first kappa shape index (κ1) is 13.1. The quantitative estimate of drug-likeness (QED) is 0.860. The Bertz CT molecular complexity index is 592. The number of carbonyl (C=O) groups excluding carboxylic acids is 1. The van der Waals surface area contributed by atoms with Crippen LogP contribution in [0.15, 0.2) is 24.5 Å². The molecule has 0 bridgehead atoms. The van der Waals surface area contributed by atoms with E-state index in [0.29, 0.717) is 6.54 Å². The summed E-state index contributed by atoms with van der Waals surface area (Å²) in [6.07, 6.45) is 4.15. The Balaban J connectivity index is 2.06. The first-order chi connectivity index (χ1) is 9.11. The van der Waals surface area contributed by atoms with E-state index in [1.807, 2.05) is 20.2 Å². The van der Waals surface area contributed by atoms with E-state index in [1.54, 1.807) is 10.7 Å². The smallest absolute Gasteiger partial charge is 0.274 e. The molecule has 0 fully saturated rings. The van der Waals surface area contributed by atoms with Gasteiger partial charge in [0.2, 0.25) is 0 Å². The van der Waals surface area contributed by atoms with Crippen molar-refractivity contribution in [3.05, 3.63) is 41.5 Å². The Labute approximate surface area is 111 Å². The molecule has 1 amide bonds. The number of rotatable bonds is 4. The zero-order valence-corrected chi connectivity index (χ0v) is 10.9. The second kappa shape index (κ2) is 5.51. The van der Waals surface area contributed by atoms with Crippen molar-refractivity contribution in [3.8, 4) is 5.75 Å². The van der Waals surface area contributed by atoms with E-state index in [-0.39, 0.29) is 11.4 Å². The number of aromatic nitrogens is 3. The summed E-state index contributed by atoms with van der Waals surface area (Å²) in [4.78, 5) is 15.7. The van der Waals surface area contributed by atoms with Gasteiger partial charge in [0.1, 0.15) is 5.75 Å². The molecule has 6 heteroatoms. The molecule has 2 aromatic rings. The number of aromatic hydroxyl groups is 1. The maximum atomic E-state index is 11.9. The number of carbonyl (C=O) groups is 1. The van der Waals surface area contributed by atoms with E-state index in [2.05, 4.69) is 15.4 Å². The van der Waals surface area contributed by atoms with Crippen LogP contribution in [0.5, 0.6) is 5.75 Å². The van der Waals surface area contributed by atoms with Crippen LogP contribution in [0.3, 0.4) is 0 Å². The molecule has 0 aliphatic rings. The van der Waals surface area contributed by atoms with Gasteiger partial charge >= 0.3 is 0 Å². The highest BCUT2D eigenvalue weighted by Crippen LogP contribution is 2.13. The number of hydrogen-bond donors (Lipinski definition) is 2. The number of pyridine rings is 1. The number of hydrogen-bond acceptors (Lipinski definition) is 4. The van der Waals surface area contributed by atoms with Gasteiger partial charge in [-0.3, -0.25) is 9.48 Å². The number of aryl methyl sites for hydroxylation is 2. The maximum Gasteiger partial charge on any atom is 0.274 e. The topological polar surface area (TPSA) is 80.0 Å². The fraction of sp³-hybridized carbons (Fsp3) is 0.308. The fourth-order valence-electron chi connectivity index (χ4n) is 1.86. The van der Waals surface area contributed by atoms with Crippen LogP contribution in [0.25, 0.3) is 0 Å². The van der Waals surface area contributed by atoms with Crippen molar-refractivity contribution < 1.29 is 9.90 Å². The van der Waals surface area contributed by atoms with E-state index in [0.717, 1.165) is 17.7 Å². The Morgan fingerprint density at radius 1 is 1.53 bits per heavy atom. The predicted octanol–water partition coefficient (Wildman–Crippen LogP) is 1.01. The van der Waals surface area contributed by atoms with Crippen molar-refractivity contribution in [2.24, 2.45) is 7.05 Å². The molecule has 2 rings (SSSR count). The summed E-state index contributed by atoms with van der Waals surface area (Å²) in [6, 6.07) is 3.01. The minimum Gasteiger partial charge on any atom is -0.505 e. The van der Waals surface area contributed by atoms with Gasteiger partial charge in [0, 0.05) is 31.5 Å². The molecule has 0 aromatic carbocycles. The van der Waals surface area contributed by atoms with Crippen molar-refractivity contribution in [2.45, 2.75) is 19.9 Å². The van der Waals surface area contributed by atoms with E-state index < -0.39 is 5.91 Å². The summed E-state index contributed by atoms with van der Waals surface area (Å²) >= 11 is 0. The molecule has 0 atom stereocenters. The standard InChI is InChI=1S/C13H16N4O2/c1-3-10-9(8-17(2)16-10)7-15-13(19)12-11(18)5-4-6-14-12/h4-6,8,18H,3,7H2,1-2H3,(H,15,19). The Morgan fingerprint density at radius 2 is 2.32 bits per heavy atom. The first-order valence-electron chi connectivity index (χ1n) is 6.05. The predicted molar refractivity (Wildman–Crippen MR) is 69.7 cm³/mol. The molecule has 2 aromatic heterocycles. The van der Waals surface area contributed by atoms with Crippen LogP contribution in [0.4, 0.5) is 0 Å². The van der Waals surface area contributed by atoms with Crippen LogP contribution < -0.4 is 5.32 Å². The van der Waals surface area contributed by atoms with Crippen molar-refractivity contribution in [3.63, 3.8) is 0 Å². The van der Waals surface area contributed by atoms with Crippen LogP contribution in [-0.4, -0.2) is 25.8 Å². The van der Waals surface area contributed by atoms with Crippen LogP contribution in [0.2, 0.25) is 0 Å². The minimum absolute atomic E-state index is 0.0319. The van der Waals surface area contributed by atoms with Gasteiger partial charge in [-0.2, -0.15) is 5.10 Å². The molecule has 0 saturated heterocycles.